The summed E-state index contributed by atoms with van der Waals surface area (Å²) < 4.78 is 0. The average molecular weight is 448 g/mol. The number of anilines is 1. The Kier molecular flexibility index (Phi) is 7.58. The van der Waals surface area contributed by atoms with E-state index in [1.165, 1.54) is 0 Å². The van der Waals surface area contributed by atoms with Crippen LogP contribution in [0.2, 0.25) is 0 Å². The Bertz CT molecular complexity index is 1260. The maximum atomic E-state index is 4.30. The second-order valence-electron chi connectivity index (χ2n) is 7.50. The molecule has 0 heterocycles. The van der Waals surface area contributed by atoms with Gasteiger partial charge in [-0.15, -0.1) is 0 Å². The van der Waals surface area contributed by atoms with E-state index in [1.807, 2.05) is 103 Å². The topological polar surface area (TPSA) is 77.4 Å². The molecule has 0 bridgehead atoms. The minimum atomic E-state index is 0.735. The van der Waals surface area contributed by atoms with E-state index in [-0.39, 0.29) is 0 Å². The maximum absolute atomic E-state index is 4.30. The second kappa shape index (κ2) is 11.4. The van der Waals surface area contributed by atoms with Crippen molar-refractivity contribution in [2.75, 3.05) is 18.5 Å². The molecule has 0 aliphatic rings. The molecule has 0 atom stereocenters. The molecule has 0 spiro atoms. The van der Waals surface area contributed by atoms with Crippen LogP contribution in [0.1, 0.15) is 6.92 Å². The van der Waals surface area contributed by atoms with E-state index in [4.69, 9.17) is 0 Å². The zero-order chi connectivity index (χ0) is 23.6. The van der Waals surface area contributed by atoms with Crippen LogP contribution >= 0.6 is 0 Å². The summed E-state index contributed by atoms with van der Waals surface area (Å²) in [5.74, 6) is 0. The van der Waals surface area contributed by atoms with Gasteiger partial charge in [-0.3, -0.25) is 0 Å². The molecule has 168 valence electrons. The summed E-state index contributed by atoms with van der Waals surface area (Å²) in [5, 5.41) is 25.6. The molecule has 0 aliphatic carbocycles. The molecule has 4 aromatic rings. The second-order valence-corrected chi connectivity index (χ2v) is 7.50. The van der Waals surface area contributed by atoms with Gasteiger partial charge in [-0.1, -0.05) is 18.2 Å². The van der Waals surface area contributed by atoms with E-state index in [9.17, 15) is 0 Å². The average Bonchev–Trinajstić information content (AvgIpc) is 2.91. The minimum Gasteiger partial charge on any atom is -0.375 e. The van der Waals surface area contributed by atoms with Crippen LogP contribution in [-0.4, -0.2) is 13.6 Å². The fourth-order valence-electron chi connectivity index (χ4n) is 2.97. The van der Waals surface area contributed by atoms with Gasteiger partial charge in [-0.05, 0) is 91.9 Å². The third kappa shape index (κ3) is 6.49. The summed E-state index contributed by atoms with van der Waals surface area (Å²) >= 11 is 0. The van der Waals surface area contributed by atoms with Crippen molar-refractivity contribution >= 4 is 39.8 Å². The van der Waals surface area contributed by atoms with Crippen molar-refractivity contribution in [2.24, 2.45) is 30.7 Å². The highest BCUT2D eigenvalue weighted by atomic mass is 15.1. The maximum Gasteiger partial charge on any atom is 0.0858 e. The zero-order valence-corrected chi connectivity index (χ0v) is 19.2. The fraction of sp³-hybridized carbons (Fsp3) is 0.111. The third-order valence-electron chi connectivity index (χ3n) is 5.06. The molecule has 0 fully saturated rings. The number of nitrogens with zero attached hydrogens (tertiary/aromatic N) is 7. The van der Waals surface area contributed by atoms with Crippen LogP contribution in [0.5, 0.6) is 0 Å². The molecule has 34 heavy (non-hydrogen) atoms. The van der Waals surface area contributed by atoms with Crippen molar-refractivity contribution < 1.29 is 0 Å². The van der Waals surface area contributed by atoms with Gasteiger partial charge in [0.1, 0.15) is 0 Å². The molecule has 7 nitrogen and oxygen atoms in total. The van der Waals surface area contributed by atoms with Crippen molar-refractivity contribution in [3.63, 3.8) is 0 Å². The Morgan fingerprint density at radius 2 is 0.735 bits per heavy atom. The third-order valence-corrected chi connectivity index (χ3v) is 5.06. The standard InChI is InChI=1S/C27H25N7/c1-3-34(2)27-19-17-26(18-20-27)33-32-25-15-13-24(14-16-25)31-30-23-11-9-22(10-12-23)29-28-21-7-5-4-6-8-21/h4-20H,3H2,1-2H3. The predicted octanol–water partition coefficient (Wildman–Crippen LogP) is 9.39. The molecular weight excluding hydrogens is 422 g/mol. The number of azo groups is 3. The first-order valence-electron chi connectivity index (χ1n) is 11.0. The van der Waals surface area contributed by atoms with Crippen LogP contribution in [0.25, 0.3) is 0 Å². The molecule has 0 aromatic heterocycles. The zero-order valence-electron chi connectivity index (χ0n) is 19.2. The lowest BCUT2D eigenvalue weighted by atomic mass is 10.2. The quantitative estimate of drug-likeness (QED) is 0.248. The van der Waals surface area contributed by atoms with Crippen molar-refractivity contribution in [3.8, 4) is 0 Å². The van der Waals surface area contributed by atoms with Crippen molar-refractivity contribution in [2.45, 2.75) is 6.92 Å². The smallest absolute Gasteiger partial charge is 0.0858 e. The number of hydrogen-bond acceptors (Lipinski definition) is 7. The molecule has 0 N–H and O–H groups in total. The molecule has 0 unspecified atom stereocenters. The molecule has 4 aromatic carbocycles. The highest BCUT2D eigenvalue weighted by Crippen LogP contribution is 2.26. The molecule has 0 aliphatic heterocycles. The summed E-state index contributed by atoms with van der Waals surface area (Å²) in [5.41, 5.74) is 5.75. The van der Waals surface area contributed by atoms with Crippen LogP contribution in [0.4, 0.5) is 39.8 Å². The Morgan fingerprint density at radius 1 is 0.441 bits per heavy atom. The van der Waals surface area contributed by atoms with Crippen LogP contribution < -0.4 is 4.90 Å². The van der Waals surface area contributed by atoms with E-state index in [0.29, 0.717) is 0 Å². The molecular formula is C27H25N7. The summed E-state index contributed by atoms with van der Waals surface area (Å²) in [6, 6.07) is 32.5. The Morgan fingerprint density at radius 3 is 1.06 bits per heavy atom. The summed E-state index contributed by atoms with van der Waals surface area (Å²) in [4.78, 5) is 2.17. The van der Waals surface area contributed by atoms with Gasteiger partial charge in [-0.25, -0.2) is 0 Å². The number of hydrogen-bond donors (Lipinski definition) is 0. The van der Waals surface area contributed by atoms with Gasteiger partial charge in [-0.2, -0.15) is 30.7 Å². The van der Waals surface area contributed by atoms with Crippen LogP contribution in [-0.2, 0) is 0 Å². The van der Waals surface area contributed by atoms with Crippen molar-refractivity contribution in [1.82, 2.24) is 0 Å². The van der Waals surface area contributed by atoms with E-state index in [1.54, 1.807) is 0 Å². The largest absolute Gasteiger partial charge is 0.375 e. The highest BCUT2D eigenvalue weighted by Gasteiger charge is 1.98. The molecule has 7 heteroatoms. The van der Waals surface area contributed by atoms with Gasteiger partial charge >= 0.3 is 0 Å². The van der Waals surface area contributed by atoms with Crippen molar-refractivity contribution in [1.29, 1.82) is 0 Å². The van der Waals surface area contributed by atoms with E-state index in [0.717, 1.165) is 46.4 Å². The van der Waals surface area contributed by atoms with Gasteiger partial charge in [0.15, 0.2) is 0 Å². The summed E-state index contributed by atoms with van der Waals surface area (Å²) in [6.45, 7) is 3.07. The van der Waals surface area contributed by atoms with Crippen molar-refractivity contribution in [3.05, 3.63) is 103 Å². The van der Waals surface area contributed by atoms with Crippen LogP contribution in [0.15, 0.2) is 134 Å². The van der Waals surface area contributed by atoms with E-state index >= 15 is 0 Å². The lowest BCUT2D eigenvalue weighted by Gasteiger charge is -2.16. The lowest BCUT2D eigenvalue weighted by Crippen LogP contribution is -2.15. The molecule has 0 saturated carbocycles. The van der Waals surface area contributed by atoms with Crippen LogP contribution in [0.3, 0.4) is 0 Å². The minimum absolute atomic E-state index is 0.735. The SMILES string of the molecule is CCN(C)c1ccc(N=Nc2ccc(N=Nc3ccc(N=Nc4ccccc4)cc3)cc2)cc1. The van der Waals surface area contributed by atoms with Crippen LogP contribution in [0, 0.1) is 0 Å². The first kappa shape index (κ1) is 22.7. The predicted molar refractivity (Wildman–Crippen MR) is 137 cm³/mol. The van der Waals surface area contributed by atoms with Gasteiger partial charge < -0.3 is 4.90 Å². The molecule has 4 rings (SSSR count). The lowest BCUT2D eigenvalue weighted by molar-refractivity contribution is 0.968. The first-order valence-corrected chi connectivity index (χ1v) is 11.0. The van der Waals surface area contributed by atoms with Gasteiger partial charge in [0.2, 0.25) is 0 Å². The summed E-state index contributed by atoms with van der Waals surface area (Å²) in [6.07, 6.45) is 0. The van der Waals surface area contributed by atoms with Gasteiger partial charge in [0.05, 0.1) is 34.1 Å². The monoisotopic (exact) mass is 447 g/mol. The molecule has 0 saturated heterocycles. The fourth-order valence-corrected chi connectivity index (χ4v) is 2.97. The Balaban J connectivity index is 1.33. The van der Waals surface area contributed by atoms with Gasteiger partial charge in [0.25, 0.3) is 0 Å². The van der Waals surface area contributed by atoms with E-state index in [2.05, 4.69) is 49.6 Å². The summed E-state index contributed by atoms with van der Waals surface area (Å²) in [7, 11) is 2.06. The number of benzene rings is 4. The number of rotatable bonds is 8. The van der Waals surface area contributed by atoms with E-state index < -0.39 is 0 Å². The Labute approximate surface area is 199 Å². The first-order chi connectivity index (χ1) is 16.7. The normalized spacial score (nSPS) is 11.6. The Hall–Kier alpha value is -4.52. The molecule has 0 radical (unpaired) electrons. The van der Waals surface area contributed by atoms with Gasteiger partial charge in [0, 0.05) is 19.3 Å². The molecule has 0 amide bonds. The highest BCUT2D eigenvalue weighted by molar-refractivity contribution is 5.53.